The molecular weight excluding hydrogens is 449 g/mol. The van der Waals surface area contributed by atoms with Gasteiger partial charge in [-0.25, -0.2) is 14.6 Å². The molecule has 178 valence electrons. The molecule has 32 heavy (non-hydrogen) atoms. The van der Waals surface area contributed by atoms with Gasteiger partial charge < -0.3 is 45.8 Å². The molecule has 0 aromatic carbocycles. The largest absolute Gasteiger partial charge is 0.506 e. The lowest BCUT2D eigenvalue weighted by Crippen LogP contribution is -2.47. The van der Waals surface area contributed by atoms with Crippen LogP contribution in [-0.4, -0.2) is 83.6 Å². The molecule has 0 amide bonds. The average Bonchev–Trinajstić information content (AvgIpc) is 3.02. The summed E-state index contributed by atoms with van der Waals surface area (Å²) < 4.78 is 22.8. The number of nitrogens with one attached hydrogen (secondary N) is 1. The van der Waals surface area contributed by atoms with Gasteiger partial charge in [0.25, 0.3) is 0 Å². The van der Waals surface area contributed by atoms with Gasteiger partial charge in [0.15, 0.2) is 6.23 Å². The maximum atomic E-state index is 12.4. The Labute approximate surface area is 182 Å². The molecule has 15 heteroatoms. The van der Waals surface area contributed by atoms with E-state index in [1.807, 2.05) is 0 Å². The summed E-state index contributed by atoms with van der Waals surface area (Å²) in [4.78, 5) is 18.8. The molecule has 3 heterocycles. The number of aryl methyl sites for hydroxylation is 1. The number of nitrogens with zero attached hydrogens (tertiary/aromatic N) is 3. The predicted molar refractivity (Wildman–Crippen MR) is 108 cm³/mol. The van der Waals surface area contributed by atoms with Crippen molar-refractivity contribution in [3.63, 3.8) is 0 Å². The van der Waals surface area contributed by atoms with Crippen LogP contribution in [0.1, 0.15) is 16.8 Å². The van der Waals surface area contributed by atoms with Gasteiger partial charge in [-0.1, -0.05) is 0 Å². The molecule has 1 aromatic heterocycles. The minimum absolute atomic E-state index is 0.0637. The summed E-state index contributed by atoms with van der Waals surface area (Å²) in [5.41, 5.74) is 6.19. The van der Waals surface area contributed by atoms with Gasteiger partial charge in [-0.05, 0) is 13.0 Å². The van der Waals surface area contributed by atoms with Gasteiger partial charge in [0.2, 0.25) is 6.35 Å². The topological polar surface area (TPSA) is 223 Å². The van der Waals surface area contributed by atoms with Gasteiger partial charge in [-0.2, -0.15) is 0 Å². The van der Waals surface area contributed by atoms with Crippen molar-refractivity contribution < 1.29 is 44.3 Å². The van der Waals surface area contributed by atoms with Crippen molar-refractivity contribution in [1.82, 2.24) is 15.0 Å². The summed E-state index contributed by atoms with van der Waals surface area (Å²) in [5.74, 6) is -0.172. The number of amidine groups is 1. The summed E-state index contributed by atoms with van der Waals surface area (Å²) in [6, 6.07) is 0. The molecule has 0 radical (unpaired) electrons. The minimum Gasteiger partial charge on any atom is -0.506 e. The van der Waals surface area contributed by atoms with E-state index >= 15 is 0 Å². The molecule has 0 bridgehead atoms. The smallest absolute Gasteiger partial charge is 0.403 e. The molecule has 0 aliphatic carbocycles. The highest BCUT2D eigenvalue weighted by Gasteiger charge is 2.47. The lowest BCUT2D eigenvalue weighted by molar-refractivity contribution is -0.129. The van der Waals surface area contributed by atoms with Gasteiger partial charge in [0.1, 0.15) is 29.9 Å². The highest BCUT2D eigenvalue weighted by atomic mass is 31.2. The molecule has 0 saturated carbocycles. The van der Waals surface area contributed by atoms with Crippen molar-refractivity contribution >= 4 is 13.6 Å². The summed E-state index contributed by atoms with van der Waals surface area (Å²) in [5, 5.41) is 52.2. The molecule has 9 N–H and O–H groups in total. The van der Waals surface area contributed by atoms with E-state index in [9.17, 15) is 35.0 Å². The molecule has 6 atom stereocenters. The molecule has 14 nitrogen and oxygen atoms in total. The second-order valence-electron chi connectivity index (χ2n) is 7.21. The second-order valence-corrected chi connectivity index (χ2v) is 8.83. The molecule has 1 aromatic rings. The molecular formula is C17H26N5O9P. The number of aliphatic imine (C=N–C) groups is 1. The number of aliphatic hydroxyl groups excluding tert-OH is 4. The van der Waals surface area contributed by atoms with Crippen LogP contribution in [0.3, 0.4) is 0 Å². The molecule has 2 aliphatic heterocycles. The Morgan fingerprint density at radius 1 is 1.34 bits per heavy atom. The zero-order valence-corrected chi connectivity index (χ0v) is 17.9. The Bertz CT molecular complexity index is 945. The van der Waals surface area contributed by atoms with Crippen molar-refractivity contribution in [3.8, 4) is 5.75 Å². The third-order valence-corrected chi connectivity index (χ3v) is 6.11. The number of pyridine rings is 1. The SMILES string of the molecule is Cc1ncc(CO)c(CNP(=O)(O)OCC2OC(N3C=CC(N)=NC3O)C(O)C2O)c1O. The van der Waals surface area contributed by atoms with Crippen LogP contribution in [0, 0.1) is 6.92 Å². The lowest BCUT2D eigenvalue weighted by atomic mass is 10.1. The highest BCUT2D eigenvalue weighted by Crippen LogP contribution is 2.39. The number of rotatable bonds is 8. The summed E-state index contributed by atoms with van der Waals surface area (Å²) >= 11 is 0. The van der Waals surface area contributed by atoms with E-state index in [1.165, 1.54) is 25.4 Å². The summed E-state index contributed by atoms with van der Waals surface area (Å²) in [6.45, 7) is 0.192. The number of nitrogens with two attached hydrogens (primary N) is 1. The molecule has 3 rings (SSSR count). The molecule has 1 fully saturated rings. The maximum absolute atomic E-state index is 12.4. The van der Waals surface area contributed by atoms with E-state index in [1.54, 1.807) is 0 Å². The number of aliphatic hydroxyl groups is 4. The Morgan fingerprint density at radius 3 is 2.72 bits per heavy atom. The number of ether oxygens (including phenoxy) is 1. The van der Waals surface area contributed by atoms with Crippen LogP contribution in [0.4, 0.5) is 0 Å². The molecule has 6 unspecified atom stereocenters. The zero-order chi connectivity index (χ0) is 23.6. The van der Waals surface area contributed by atoms with Gasteiger partial charge >= 0.3 is 7.75 Å². The van der Waals surface area contributed by atoms with Crippen LogP contribution in [0.25, 0.3) is 0 Å². The van der Waals surface area contributed by atoms with Crippen LogP contribution in [0.5, 0.6) is 5.75 Å². The molecule has 0 spiro atoms. The van der Waals surface area contributed by atoms with Crippen LogP contribution >= 0.6 is 7.75 Å². The molecule has 2 aliphatic rings. The van der Waals surface area contributed by atoms with E-state index in [0.29, 0.717) is 0 Å². The number of hydrogen-bond acceptors (Lipinski definition) is 12. The van der Waals surface area contributed by atoms with Gasteiger partial charge in [0.05, 0.1) is 18.9 Å². The van der Waals surface area contributed by atoms with Crippen molar-refractivity contribution in [1.29, 1.82) is 0 Å². The van der Waals surface area contributed by atoms with Crippen molar-refractivity contribution in [2.75, 3.05) is 6.61 Å². The standard InChI is InChI=1S/C17H26N5O9P/c1-8-13(24)10(9(6-23)4-19-8)5-20-32(28,29)30-7-11-14(25)15(26)16(31-11)22-3-2-12(18)21-17(22)27/h2-4,11,14-17,23-27H,5-7H2,1H3,(H2,18,21)(H2,20,28,29). The summed E-state index contributed by atoms with van der Waals surface area (Å²) in [6.07, 6.45) is -2.81. The Morgan fingerprint density at radius 2 is 2.06 bits per heavy atom. The average molecular weight is 475 g/mol. The quantitative estimate of drug-likeness (QED) is 0.186. The van der Waals surface area contributed by atoms with Crippen LogP contribution in [0.2, 0.25) is 0 Å². The van der Waals surface area contributed by atoms with Gasteiger partial charge in [-0.15, -0.1) is 0 Å². The predicted octanol–water partition coefficient (Wildman–Crippen LogP) is -2.30. The maximum Gasteiger partial charge on any atom is 0.403 e. The minimum atomic E-state index is -4.45. The first-order chi connectivity index (χ1) is 15.0. The van der Waals surface area contributed by atoms with Crippen molar-refractivity contribution in [2.45, 2.75) is 51.0 Å². The van der Waals surface area contributed by atoms with E-state index < -0.39 is 51.9 Å². The van der Waals surface area contributed by atoms with E-state index in [-0.39, 0.29) is 35.0 Å². The fraction of sp³-hybridized carbons (Fsp3) is 0.529. The van der Waals surface area contributed by atoms with Gasteiger partial charge in [0, 0.05) is 30.1 Å². The Kier molecular flexibility index (Phi) is 7.50. The number of hydrogen-bond donors (Lipinski definition) is 8. The van der Waals surface area contributed by atoms with Gasteiger partial charge in [-0.3, -0.25) is 9.51 Å². The van der Waals surface area contributed by atoms with Crippen LogP contribution in [0.15, 0.2) is 23.5 Å². The number of aromatic hydroxyl groups is 1. The van der Waals surface area contributed by atoms with Crippen molar-refractivity contribution in [2.24, 2.45) is 10.7 Å². The van der Waals surface area contributed by atoms with Crippen LogP contribution in [-0.2, 0) is 27.0 Å². The monoisotopic (exact) mass is 475 g/mol. The first-order valence-corrected chi connectivity index (χ1v) is 11.1. The second kappa shape index (κ2) is 9.79. The Balaban J connectivity index is 1.60. The Hall–Kier alpha value is -2.13. The third kappa shape index (κ3) is 5.26. The third-order valence-electron chi connectivity index (χ3n) is 5.05. The first kappa shape index (κ1) is 24.5. The first-order valence-electron chi connectivity index (χ1n) is 9.52. The highest BCUT2D eigenvalue weighted by molar-refractivity contribution is 7.50. The fourth-order valence-corrected chi connectivity index (χ4v) is 4.03. The zero-order valence-electron chi connectivity index (χ0n) is 17.0. The lowest BCUT2D eigenvalue weighted by Gasteiger charge is -2.32. The fourth-order valence-electron chi connectivity index (χ4n) is 3.23. The molecule has 1 saturated heterocycles. The van der Waals surface area contributed by atoms with E-state index in [0.717, 1.165) is 4.90 Å². The normalized spacial score (nSPS) is 29.8. The van der Waals surface area contributed by atoms with E-state index in [4.69, 9.17) is 15.0 Å². The van der Waals surface area contributed by atoms with E-state index in [2.05, 4.69) is 15.1 Å². The van der Waals surface area contributed by atoms with Crippen molar-refractivity contribution in [3.05, 3.63) is 35.3 Å². The number of aromatic nitrogens is 1. The van der Waals surface area contributed by atoms with Crippen LogP contribution < -0.4 is 10.8 Å². The summed E-state index contributed by atoms with van der Waals surface area (Å²) in [7, 11) is -4.45.